The highest BCUT2D eigenvalue weighted by atomic mass is 19.1. The molecule has 2 aromatic carbocycles. The summed E-state index contributed by atoms with van der Waals surface area (Å²) in [7, 11) is 0. The van der Waals surface area contributed by atoms with Crippen LogP contribution in [0, 0.1) is 28.5 Å². The van der Waals surface area contributed by atoms with Crippen molar-refractivity contribution in [3.8, 4) is 12.1 Å². The molecular weight excluding hydrogens is 241 g/mol. The van der Waals surface area contributed by atoms with E-state index in [0.717, 1.165) is 0 Å². The number of anilines is 1. The van der Waals surface area contributed by atoms with Crippen LogP contribution in [0.5, 0.6) is 0 Å². The van der Waals surface area contributed by atoms with Gasteiger partial charge in [0.25, 0.3) is 0 Å². The minimum absolute atomic E-state index is 0.291. The maximum Gasteiger partial charge on any atom is 0.123 e. The van der Waals surface area contributed by atoms with Gasteiger partial charge in [0.1, 0.15) is 11.9 Å². The Morgan fingerprint density at radius 2 is 1.74 bits per heavy atom. The van der Waals surface area contributed by atoms with Gasteiger partial charge in [-0.2, -0.15) is 10.5 Å². The minimum Gasteiger partial charge on any atom is -0.380 e. The zero-order chi connectivity index (χ0) is 13.7. The molecule has 0 saturated carbocycles. The van der Waals surface area contributed by atoms with Crippen LogP contribution in [0.25, 0.3) is 0 Å². The number of nitrogens with zero attached hydrogens (tertiary/aromatic N) is 2. The highest BCUT2D eigenvalue weighted by molar-refractivity contribution is 5.57. The molecule has 3 nitrogen and oxygen atoms in total. The van der Waals surface area contributed by atoms with E-state index in [1.165, 1.54) is 18.2 Å². The molecule has 0 fully saturated rings. The third-order valence-electron chi connectivity index (χ3n) is 2.70. The van der Waals surface area contributed by atoms with E-state index in [2.05, 4.69) is 11.4 Å². The second-order valence-electron chi connectivity index (χ2n) is 3.92. The molecule has 0 aliphatic heterocycles. The highest BCUT2D eigenvalue weighted by Gasteiger charge is 2.05. The summed E-state index contributed by atoms with van der Waals surface area (Å²) < 4.78 is 13.2. The average molecular weight is 251 g/mol. The van der Waals surface area contributed by atoms with Gasteiger partial charge in [0, 0.05) is 6.54 Å². The standard InChI is InChI=1S/C15H10FN3/c16-14-6-5-11(8-17)13(7-14)10-19-15-4-2-1-3-12(15)9-18/h1-7,19H,10H2. The monoisotopic (exact) mass is 251 g/mol. The maximum atomic E-state index is 13.2. The minimum atomic E-state index is -0.385. The van der Waals surface area contributed by atoms with Gasteiger partial charge in [-0.25, -0.2) is 4.39 Å². The molecule has 2 aromatic rings. The Kier molecular flexibility index (Phi) is 3.75. The number of para-hydroxylation sites is 1. The number of nitrogens with one attached hydrogen (secondary N) is 1. The average Bonchev–Trinajstić information content (AvgIpc) is 2.45. The predicted octanol–water partition coefficient (Wildman–Crippen LogP) is 3.18. The van der Waals surface area contributed by atoms with Crippen molar-refractivity contribution in [1.29, 1.82) is 10.5 Å². The number of benzene rings is 2. The summed E-state index contributed by atoms with van der Waals surface area (Å²) in [6.45, 7) is 0.291. The van der Waals surface area contributed by atoms with Crippen LogP contribution >= 0.6 is 0 Å². The molecule has 0 bridgehead atoms. The highest BCUT2D eigenvalue weighted by Crippen LogP contribution is 2.17. The maximum absolute atomic E-state index is 13.2. The van der Waals surface area contributed by atoms with Gasteiger partial charge in [0.05, 0.1) is 22.9 Å². The number of hydrogen-bond acceptors (Lipinski definition) is 3. The first-order chi connectivity index (χ1) is 9.24. The molecule has 0 radical (unpaired) electrons. The van der Waals surface area contributed by atoms with Gasteiger partial charge in [-0.15, -0.1) is 0 Å². The van der Waals surface area contributed by atoms with Crippen LogP contribution in [-0.4, -0.2) is 0 Å². The fourth-order valence-electron chi connectivity index (χ4n) is 1.74. The quantitative estimate of drug-likeness (QED) is 0.911. The normalized spacial score (nSPS) is 9.42. The molecule has 0 heterocycles. The summed E-state index contributed by atoms with van der Waals surface area (Å²) in [6.07, 6.45) is 0. The molecule has 0 aliphatic rings. The molecule has 92 valence electrons. The third-order valence-corrected chi connectivity index (χ3v) is 2.70. The first kappa shape index (κ1) is 12.6. The first-order valence-corrected chi connectivity index (χ1v) is 5.66. The summed E-state index contributed by atoms with van der Waals surface area (Å²) in [5, 5.41) is 21.0. The van der Waals surface area contributed by atoms with Gasteiger partial charge in [-0.05, 0) is 35.9 Å². The molecule has 0 unspecified atom stereocenters. The molecule has 2 rings (SSSR count). The van der Waals surface area contributed by atoms with Crippen LogP contribution < -0.4 is 5.32 Å². The number of hydrogen-bond donors (Lipinski definition) is 1. The van der Waals surface area contributed by atoms with Crippen molar-refractivity contribution in [3.63, 3.8) is 0 Å². The molecule has 1 N–H and O–H groups in total. The van der Waals surface area contributed by atoms with E-state index in [0.29, 0.717) is 28.9 Å². The molecule has 0 aromatic heterocycles. The van der Waals surface area contributed by atoms with Gasteiger partial charge in [0.15, 0.2) is 0 Å². The van der Waals surface area contributed by atoms with E-state index in [-0.39, 0.29) is 5.82 Å². The van der Waals surface area contributed by atoms with Crippen molar-refractivity contribution in [2.75, 3.05) is 5.32 Å². The van der Waals surface area contributed by atoms with Crippen molar-refractivity contribution >= 4 is 5.69 Å². The zero-order valence-corrected chi connectivity index (χ0v) is 10.0. The Morgan fingerprint density at radius 3 is 2.47 bits per heavy atom. The summed E-state index contributed by atoms with van der Waals surface area (Å²) in [5.74, 6) is -0.385. The van der Waals surface area contributed by atoms with Crippen molar-refractivity contribution < 1.29 is 4.39 Å². The van der Waals surface area contributed by atoms with E-state index in [1.54, 1.807) is 24.3 Å². The first-order valence-electron chi connectivity index (χ1n) is 5.66. The van der Waals surface area contributed by atoms with Crippen LogP contribution in [0.1, 0.15) is 16.7 Å². The fourth-order valence-corrected chi connectivity index (χ4v) is 1.74. The van der Waals surface area contributed by atoms with Crippen LogP contribution in [0.3, 0.4) is 0 Å². The number of nitriles is 2. The fraction of sp³-hybridized carbons (Fsp3) is 0.0667. The van der Waals surface area contributed by atoms with Crippen LogP contribution in [-0.2, 0) is 6.54 Å². The Bertz CT molecular complexity index is 681. The van der Waals surface area contributed by atoms with E-state index < -0.39 is 0 Å². The van der Waals surface area contributed by atoms with Gasteiger partial charge >= 0.3 is 0 Å². The van der Waals surface area contributed by atoms with Crippen molar-refractivity contribution in [3.05, 3.63) is 65.0 Å². The van der Waals surface area contributed by atoms with Crippen molar-refractivity contribution in [2.45, 2.75) is 6.54 Å². The van der Waals surface area contributed by atoms with E-state index >= 15 is 0 Å². The molecule has 0 saturated heterocycles. The van der Waals surface area contributed by atoms with Gasteiger partial charge in [-0.3, -0.25) is 0 Å². The smallest absolute Gasteiger partial charge is 0.123 e. The molecule has 0 spiro atoms. The lowest BCUT2D eigenvalue weighted by atomic mass is 10.1. The van der Waals surface area contributed by atoms with Crippen LogP contribution in [0.4, 0.5) is 10.1 Å². The number of halogens is 1. The Balaban J connectivity index is 2.22. The Hall–Kier alpha value is -2.85. The molecule has 0 atom stereocenters. The summed E-state index contributed by atoms with van der Waals surface area (Å²) in [6, 6.07) is 15.1. The Labute approximate surface area is 110 Å². The summed E-state index contributed by atoms with van der Waals surface area (Å²) in [5.41, 5.74) is 2.16. The molecule has 0 amide bonds. The van der Waals surface area contributed by atoms with Gasteiger partial charge in [0.2, 0.25) is 0 Å². The van der Waals surface area contributed by atoms with E-state index in [9.17, 15) is 4.39 Å². The molecule has 19 heavy (non-hydrogen) atoms. The Morgan fingerprint density at radius 1 is 1.00 bits per heavy atom. The lowest BCUT2D eigenvalue weighted by molar-refractivity contribution is 0.625. The lowest BCUT2D eigenvalue weighted by Gasteiger charge is -2.09. The van der Waals surface area contributed by atoms with E-state index in [4.69, 9.17) is 10.5 Å². The largest absolute Gasteiger partial charge is 0.380 e. The second kappa shape index (κ2) is 5.66. The summed E-state index contributed by atoms with van der Waals surface area (Å²) >= 11 is 0. The second-order valence-corrected chi connectivity index (χ2v) is 3.92. The topological polar surface area (TPSA) is 59.6 Å². The molecular formula is C15H10FN3. The van der Waals surface area contributed by atoms with Crippen LogP contribution in [0.15, 0.2) is 42.5 Å². The van der Waals surface area contributed by atoms with Gasteiger partial charge < -0.3 is 5.32 Å². The molecule has 4 heteroatoms. The number of rotatable bonds is 3. The van der Waals surface area contributed by atoms with Gasteiger partial charge in [-0.1, -0.05) is 12.1 Å². The van der Waals surface area contributed by atoms with E-state index in [1.807, 2.05) is 6.07 Å². The third kappa shape index (κ3) is 2.88. The lowest BCUT2D eigenvalue weighted by Crippen LogP contribution is -2.03. The van der Waals surface area contributed by atoms with Crippen LogP contribution in [0.2, 0.25) is 0 Å². The zero-order valence-electron chi connectivity index (χ0n) is 10.0. The van der Waals surface area contributed by atoms with Crippen molar-refractivity contribution in [1.82, 2.24) is 0 Å². The van der Waals surface area contributed by atoms with Crippen molar-refractivity contribution in [2.24, 2.45) is 0 Å². The molecule has 0 aliphatic carbocycles. The predicted molar refractivity (Wildman–Crippen MR) is 69.6 cm³/mol. The SMILES string of the molecule is N#Cc1ccc(F)cc1CNc1ccccc1C#N. The summed E-state index contributed by atoms with van der Waals surface area (Å²) in [4.78, 5) is 0.